The minimum absolute atomic E-state index is 0.0108. The summed E-state index contributed by atoms with van der Waals surface area (Å²) in [5.41, 5.74) is -1.39. The van der Waals surface area contributed by atoms with Crippen LogP contribution in [-0.4, -0.2) is 61.4 Å². The molecule has 1 atom stereocenters. The molecule has 2 aliphatic heterocycles. The maximum atomic E-state index is 13.6. The third-order valence-corrected chi connectivity index (χ3v) is 7.47. The lowest BCUT2D eigenvalue weighted by Gasteiger charge is -2.40. The van der Waals surface area contributed by atoms with Crippen molar-refractivity contribution in [1.82, 2.24) is 9.80 Å². The van der Waals surface area contributed by atoms with Crippen LogP contribution in [-0.2, 0) is 15.8 Å². The molecule has 6 nitrogen and oxygen atoms in total. The number of anilines is 1. The fourth-order valence-electron chi connectivity index (χ4n) is 5.35. The van der Waals surface area contributed by atoms with Crippen LogP contribution in [0.5, 0.6) is 0 Å². The molecule has 0 saturated carbocycles. The molecule has 2 amide bonds. The van der Waals surface area contributed by atoms with Gasteiger partial charge in [-0.3, -0.25) is 9.59 Å². The molecule has 2 heterocycles. The number of nitriles is 1. The Balaban J connectivity index is 1.89. The number of hydrogen-bond acceptors (Lipinski definition) is 4. The van der Waals surface area contributed by atoms with E-state index in [1.807, 2.05) is 18.7 Å². The largest absolute Gasteiger partial charge is 0.417 e. The van der Waals surface area contributed by atoms with E-state index in [1.165, 1.54) is 17.0 Å². The number of alkyl halides is 3. The van der Waals surface area contributed by atoms with Crippen LogP contribution in [0.15, 0.2) is 18.2 Å². The summed E-state index contributed by atoms with van der Waals surface area (Å²) < 4.78 is 40.8. The first-order valence-corrected chi connectivity index (χ1v) is 11.8. The van der Waals surface area contributed by atoms with Gasteiger partial charge in [0.1, 0.15) is 6.04 Å². The highest BCUT2D eigenvalue weighted by Crippen LogP contribution is 2.46. The fraction of sp³-hybridized carbons (Fsp3) is 0.640. The van der Waals surface area contributed by atoms with Crippen LogP contribution < -0.4 is 4.90 Å². The number of amides is 2. The van der Waals surface area contributed by atoms with Crippen molar-refractivity contribution in [3.63, 3.8) is 0 Å². The Morgan fingerprint density at radius 2 is 1.82 bits per heavy atom. The monoisotopic (exact) mass is 478 g/mol. The van der Waals surface area contributed by atoms with Gasteiger partial charge in [0, 0.05) is 45.3 Å². The van der Waals surface area contributed by atoms with Gasteiger partial charge in [-0.25, -0.2) is 0 Å². The molecular formula is C25H33F3N4O2. The lowest BCUT2D eigenvalue weighted by atomic mass is 9.76. The average molecular weight is 479 g/mol. The summed E-state index contributed by atoms with van der Waals surface area (Å²) >= 11 is 0. The second kappa shape index (κ2) is 9.85. The van der Waals surface area contributed by atoms with Crippen LogP contribution in [0.4, 0.5) is 18.9 Å². The molecule has 9 heteroatoms. The first kappa shape index (κ1) is 25.9. The molecule has 0 radical (unpaired) electrons. The number of piperidine rings is 1. The van der Waals surface area contributed by atoms with Crippen molar-refractivity contribution >= 4 is 17.5 Å². The van der Waals surface area contributed by atoms with Gasteiger partial charge in [0.15, 0.2) is 0 Å². The Morgan fingerprint density at radius 1 is 1.21 bits per heavy atom. The summed E-state index contributed by atoms with van der Waals surface area (Å²) in [6, 6.07) is 4.68. The van der Waals surface area contributed by atoms with Crippen LogP contribution in [0.1, 0.15) is 57.1 Å². The van der Waals surface area contributed by atoms with E-state index in [0.717, 1.165) is 18.9 Å². The highest BCUT2D eigenvalue weighted by Gasteiger charge is 2.49. The Morgan fingerprint density at radius 3 is 2.32 bits per heavy atom. The summed E-state index contributed by atoms with van der Waals surface area (Å²) in [4.78, 5) is 31.0. The Hall–Kier alpha value is -2.76. The number of hydrogen-bond donors (Lipinski definition) is 0. The minimum atomic E-state index is -4.67. The van der Waals surface area contributed by atoms with Crippen molar-refractivity contribution in [3.05, 3.63) is 29.3 Å². The average Bonchev–Trinajstić information content (AvgIpc) is 3.17. The van der Waals surface area contributed by atoms with Crippen LogP contribution >= 0.6 is 0 Å². The third kappa shape index (κ3) is 5.01. The van der Waals surface area contributed by atoms with Crippen molar-refractivity contribution in [2.75, 3.05) is 38.6 Å². The quantitative estimate of drug-likeness (QED) is 0.633. The summed E-state index contributed by atoms with van der Waals surface area (Å²) in [6.07, 6.45) is -1.14. The number of likely N-dealkylation sites (N-methyl/N-ethyl adjacent to an activating group) is 1. The summed E-state index contributed by atoms with van der Waals surface area (Å²) in [5.74, 6) is 0.0134. The normalized spacial score (nSPS) is 20.0. The van der Waals surface area contributed by atoms with E-state index in [0.29, 0.717) is 44.6 Å². The van der Waals surface area contributed by atoms with Gasteiger partial charge in [-0.05, 0) is 55.7 Å². The fourth-order valence-corrected chi connectivity index (χ4v) is 5.35. The third-order valence-electron chi connectivity index (χ3n) is 7.47. The maximum Gasteiger partial charge on any atom is 0.417 e. The Kier molecular flexibility index (Phi) is 7.49. The van der Waals surface area contributed by atoms with E-state index in [4.69, 9.17) is 5.26 Å². The number of nitrogens with zero attached hydrogens (tertiary/aromatic N) is 4. The number of benzene rings is 1. The lowest BCUT2D eigenvalue weighted by Crippen LogP contribution is -2.46. The first-order chi connectivity index (χ1) is 16.0. The highest BCUT2D eigenvalue weighted by molar-refractivity contribution is 5.86. The van der Waals surface area contributed by atoms with Crippen LogP contribution in [0.2, 0.25) is 0 Å². The van der Waals surface area contributed by atoms with Crippen LogP contribution in [0.25, 0.3) is 0 Å². The van der Waals surface area contributed by atoms with Crippen molar-refractivity contribution < 1.29 is 22.8 Å². The van der Waals surface area contributed by atoms with Crippen molar-refractivity contribution in [2.45, 2.75) is 58.2 Å². The van der Waals surface area contributed by atoms with Gasteiger partial charge >= 0.3 is 6.18 Å². The van der Waals surface area contributed by atoms with Gasteiger partial charge in [0.2, 0.25) is 11.8 Å². The molecule has 1 spiro atoms. The van der Waals surface area contributed by atoms with Gasteiger partial charge in [-0.1, -0.05) is 13.8 Å². The molecule has 2 fully saturated rings. The van der Waals surface area contributed by atoms with E-state index in [9.17, 15) is 22.8 Å². The van der Waals surface area contributed by atoms with E-state index in [2.05, 4.69) is 0 Å². The second-order valence-electron chi connectivity index (χ2n) is 9.76. The molecule has 2 saturated heterocycles. The lowest BCUT2D eigenvalue weighted by molar-refractivity contribution is -0.138. The molecule has 0 aliphatic carbocycles. The van der Waals surface area contributed by atoms with E-state index >= 15 is 0 Å². The van der Waals surface area contributed by atoms with E-state index in [1.54, 1.807) is 25.1 Å². The first-order valence-electron chi connectivity index (χ1n) is 11.8. The zero-order valence-electron chi connectivity index (χ0n) is 20.3. The predicted octanol–water partition coefficient (Wildman–Crippen LogP) is 4.29. The van der Waals surface area contributed by atoms with Gasteiger partial charge in [-0.15, -0.1) is 0 Å². The highest BCUT2D eigenvalue weighted by atomic mass is 19.4. The van der Waals surface area contributed by atoms with Crippen LogP contribution in [0, 0.1) is 22.7 Å². The SMILES string of the molecule is CCC(CC)C(=O)N1CCC2(CC1)CC(C(=O)N(C)C)N(c1ccc(C#N)c(C(F)(F)F)c1)C2. The predicted molar refractivity (Wildman–Crippen MR) is 123 cm³/mol. The van der Waals surface area contributed by atoms with Gasteiger partial charge in [0.05, 0.1) is 17.2 Å². The Bertz CT molecular complexity index is 958. The molecule has 34 heavy (non-hydrogen) atoms. The summed E-state index contributed by atoms with van der Waals surface area (Å²) in [7, 11) is 3.28. The van der Waals surface area contributed by atoms with Crippen LogP contribution in [0.3, 0.4) is 0 Å². The molecule has 0 aromatic heterocycles. The zero-order chi connectivity index (χ0) is 25.3. The maximum absolute atomic E-state index is 13.6. The van der Waals surface area contributed by atoms with Crippen molar-refractivity contribution in [3.8, 4) is 6.07 Å². The molecule has 0 N–H and O–H groups in total. The number of halogens is 3. The second-order valence-corrected chi connectivity index (χ2v) is 9.76. The molecule has 1 aromatic carbocycles. The van der Waals surface area contributed by atoms with Gasteiger partial charge in [0.25, 0.3) is 0 Å². The molecule has 186 valence electrons. The van der Waals surface area contributed by atoms with Crippen molar-refractivity contribution in [2.24, 2.45) is 11.3 Å². The van der Waals surface area contributed by atoms with E-state index < -0.39 is 23.3 Å². The van der Waals surface area contributed by atoms with Gasteiger partial charge < -0.3 is 14.7 Å². The molecule has 0 bridgehead atoms. The molecular weight excluding hydrogens is 445 g/mol. The zero-order valence-corrected chi connectivity index (χ0v) is 20.3. The Labute approximate surface area is 199 Å². The van der Waals surface area contributed by atoms with Crippen molar-refractivity contribution in [1.29, 1.82) is 5.26 Å². The molecule has 2 aliphatic rings. The molecule has 3 rings (SSSR count). The number of carbonyl (C=O) groups excluding carboxylic acids is 2. The summed E-state index contributed by atoms with van der Waals surface area (Å²) in [6.45, 7) is 5.64. The van der Waals surface area contributed by atoms with E-state index in [-0.39, 0.29) is 23.1 Å². The molecule has 1 unspecified atom stereocenters. The minimum Gasteiger partial charge on any atom is -0.359 e. The summed E-state index contributed by atoms with van der Waals surface area (Å²) in [5, 5.41) is 9.14. The number of carbonyl (C=O) groups is 2. The number of rotatable bonds is 5. The smallest absolute Gasteiger partial charge is 0.359 e. The van der Waals surface area contributed by atoms with Gasteiger partial charge in [-0.2, -0.15) is 18.4 Å². The topological polar surface area (TPSA) is 67.7 Å². The number of likely N-dealkylation sites (tertiary alicyclic amines) is 1. The molecule has 1 aromatic rings. The standard InChI is InChI=1S/C25H33F3N4O2/c1-5-17(6-2)22(33)31-11-9-24(10-12-31)14-21(23(34)30(3)4)32(16-24)19-8-7-18(15-29)20(13-19)25(26,27)28/h7-8,13,17,21H,5-6,9-12,14,16H2,1-4H3.